The lowest BCUT2D eigenvalue weighted by Gasteiger charge is -2.06. The average molecular weight is 283 g/mol. The summed E-state index contributed by atoms with van der Waals surface area (Å²) in [5, 5.41) is 2.84. The molecule has 0 bridgehead atoms. The Balaban J connectivity index is 2.45. The van der Waals surface area contributed by atoms with Gasteiger partial charge >= 0.3 is 0 Å². The summed E-state index contributed by atoms with van der Waals surface area (Å²) >= 11 is 0. The van der Waals surface area contributed by atoms with Gasteiger partial charge in [-0.1, -0.05) is 12.1 Å². The van der Waals surface area contributed by atoms with E-state index < -0.39 is 10.8 Å². The van der Waals surface area contributed by atoms with Gasteiger partial charge in [0.25, 0.3) is 5.91 Å². The van der Waals surface area contributed by atoms with Crippen LogP contribution < -0.4 is 5.32 Å². The summed E-state index contributed by atoms with van der Waals surface area (Å²) in [5.74, 6) is 0.381. The molecule has 0 spiro atoms. The molecule has 1 aromatic rings. The molecule has 0 fully saturated rings. The lowest BCUT2D eigenvalue weighted by atomic mass is 10.1. The van der Waals surface area contributed by atoms with Gasteiger partial charge in [-0.25, -0.2) is 0 Å². The number of hydrogen-bond acceptors (Lipinski definition) is 3. The van der Waals surface area contributed by atoms with E-state index in [1.807, 2.05) is 19.1 Å². The summed E-state index contributed by atoms with van der Waals surface area (Å²) in [6, 6.07) is 7.25. The van der Waals surface area contributed by atoms with Crippen LogP contribution in [0.1, 0.15) is 29.3 Å². The molecule has 1 unspecified atom stereocenters. The largest absolute Gasteiger partial charge is 0.382 e. The third-order valence-electron chi connectivity index (χ3n) is 2.51. The fourth-order valence-corrected chi connectivity index (χ4v) is 2.31. The van der Waals surface area contributed by atoms with E-state index in [4.69, 9.17) is 4.74 Å². The van der Waals surface area contributed by atoms with Gasteiger partial charge in [-0.15, -0.1) is 0 Å². The molecule has 0 aliphatic rings. The Labute approximate surface area is 117 Å². The molecule has 1 atom stereocenters. The van der Waals surface area contributed by atoms with Crippen LogP contribution in [0, 0.1) is 0 Å². The highest BCUT2D eigenvalue weighted by Crippen LogP contribution is 2.07. The Hall–Kier alpha value is -1.20. The van der Waals surface area contributed by atoms with Gasteiger partial charge in [0.1, 0.15) is 0 Å². The molecule has 4 nitrogen and oxygen atoms in total. The lowest BCUT2D eigenvalue weighted by molar-refractivity contribution is 0.0944. The number of rotatable bonds is 8. The van der Waals surface area contributed by atoms with E-state index in [0.717, 1.165) is 12.0 Å². The van der Waals surface area contributed by atoms with Crippen molar-refractivity contribution in [2.24, 2.45) is 0 Å². The molecule has 0 saturated heterocycles. The summed E-state index contributed by atoms with van der Waals surface area (Å²) in [4.78, 5) is 11.9. The van der Waals surface area contributed by atoms with Gasteiger partial charge in [0, 0.05) is 48.1 Å². The summed E-state index contributed by atoms with van der Waals surface area (Å²) < 4.78 is 16.4. The smallest absolute Gasteiger partial charge is 0.251 e. The summed E-state index contributed by atoms with van der Waals surface area (Å²) in [7, 11) is -0.895. The number of ether oxygens (including phenoxy) is 1. The molecule has 0 radical (unpaired) electrons. The molecular formula is C14H21NO3S. The Morgan fingerprint density at radius 3 is 2.89 bits per heavy atom. The number of carbonyl (C=O) groups excluding carboxylic acids is 1. The second-order valence-electron chi connectivity index (χ2n) is 4.22. The molecule has 0 aliphatic carbocycles. The Morgan fingerprint density at radius 1 is 1.42 bits per heavy atom. The molecule has 5 heteroatoms. The fourth-order valence-electron chi connectivity index (χ4n) is 1.66. The fraction of sp³-hybridized carbons (Fsp3) is 0.500. The van der Waals surface area contributed by atoms with Crippen molar-refractivity contribution in [1.82, 2.24) is 5.32 Å². The molecule has 1 rings (SSSR count). The van der Waals surface area contributed by atoms with Gasteiger partial charge < -0.3 is 10.1 Å². The van der Waals surface area contributed by atoms with Crippen LogP contribution in [0.5, 0.6) is 0 Å². The summed E-state index contributed by atoms with van der Waals surface area (Å²) in [6.45, 7) is 3.90. The maximum Gasteiger partial charge on any atom is 0.251 e. The van der Waals surface area contributed by atoms with Crippen molar-refractivity contribution in [3.05, 3.63) is 35.4 Å². The average Bonchev–Trinajstić information content (AvgIpc) is 2.38. The van der Waals surface area contributed by atoms with Crippen LogP contribution in [-0.4, -0.2) is 36.1 Å². The highest BCUT2D eigenvalue weighted by atomic mass is 32.2. The quantitative estimate of drug-likeness (QED) is 0.739. The minimum Gasteiger partial charge on any atom is -0.382 e. The Kier molecular flexibility index (Phi) is 7.36. The molecular weight excluding hydrogens is 262 g/mol. The molecule has 1 aromatic carbocycles. The van der Waals surface area contributed by atoms with Crippen LogP contribution in [0.4, 0.5) is 0 Å². The molecule has 1 amide bonds. The first-order valence-corrected chi connectivity index (χ1v) is 8.11. The zero-order chi connectivity index (χ0) is 14.1. The van der Waals surface area contributed by atoms with Crippen LogP contribution in [0.15, 0.2) is 24.3 Å². The van der Waals surface area contributed by atoms with Gasteiger partial charge in [0.2, 0.25) is 0 Å². The highest BCUT2D eigenvalue weighted by Gasteiger charge is 2.06. The molecule has 19 heavy (non-hydrogen) atoms. The minimum absolute atomic E-state index is 0.0970. The van der Waals surface area contributed by atoms with E-state index in [2.05, 4.69) is 5.32 Å². The standard InChI is InChI=1S/C14H21NO3S/c1-3-18-9-5-8-15-14(16)13-7-4-6-12(10-13)11-19(2)17/h4,6-7,10H,3,5,8-9,11H2,1-2H3,(H,15,16). The maximum absolute atomic E-state index is 11.9. The van der Waals surface area contributed by atoms with E-state index in [0.29, 0.717) is 31.1 Å². The van der Waals surface area contributed by atoms with Gasteiger partial charge in [0.15, 0.2) is 0 Å². The van der Waals surface area contributed by atoms with Crippen LogP contribution >= 0.6 is 0 Å². The van der Waals surface area contributed by atoms with Crippen LogP contribution in [0.3, 0.4) is 0 Å². The first kappa shape index (κ1) is 15.9. The van der Waals surface area contributed by atoms with E-state index in [1.165, 1.54) is 0 Å². The first-order chi connectivity index (χ1) is 9.13. The number of carbonyl (C=O) groups is 1. The lowest BCUT2D eigenvalue weighted by Crippen LogP contribution is -2.25. The topological polar surface area (TPSA) is 55.4 Å². The third-order valence-corrected chi connectivity index (χ3v) is 3.25. The zero-order valence-electron chi connectivity index (χ0n) is 11.5. The second kappa shape index (κ2) is 8.82. The SMILES string of the molecule is CCOCCCNC(=O)c1cccc(CS(C)=O)c1. The van der Waals surface area contributed by atoms with Crippen molar-refractivity contribution in [2.75, 3.05) is 26.0 Å². The normalized spacial score (nSPS) is 12.1. The molecule has 0 aliphatic heterocycles. The van der Waals surface area contributed by atoms with Crippen LogP contribution in [0.2, 0.25) is 0 Å². The van der Waals surface area contributed by atoms with Crippen LogP contribution in [0.25, 0.3) is 0 Å². The molecule has 0 saturated carbocycles. The predicted octanol–water partition coefficient (Wildman–Crippen LogP) is 1.72. The molecule has 0 aromatic heterocycles. The van der Waals surface area contributed by atoms with Crippen molar-refractivity contribution in [3.8, 4) is 0 Å². The van der Waals surface area contributed by atoms with E-state index in [1.54, 1.807) is 18.4 Å². The second-order valence-corrected chi connectivity index (χ2v) is 5.66. The monoisotopic (exact) mass is 283 g/mol. The van der Waals surface area contributed by atoms with E-state index in [9.17, 15) is 9.00 Å². The Bertz CT molecular complexity index is 434. The van der Waals surface area contributed by atoms with E-state index in [-0.39, 0.29) is 5.91 Å². The molecule has 0 heterocycles. The first-order valence-electron chi connectivity index (χ1n) is 6.38. The van der Waals surface area contributed by atoms with E-state index >= 15 is 0 Å². The minimum atomic E-state index is -0.895. The molecule has 106 valence electrons. The number of benzene rings is 1. The summed E-state index contributed by atoms with van der Waals surface area (Å²) in [5.41, 5.74) is 1.53. The zero-order valence-corrected chi connectivity index (χ0v) is 12.3. The Morgan fingerprint density at radius 2 is 2.21 bits per heavy atom. The summed E-state index contributed by atoms with van der Waals surface area (Å²) in [6.07, 6.45) is 2.46. The van der Waals surface area contributed by atoms with Crippen molar-refractivity contribution < 1.29 is 13.7 Å². The third kappa shape index (κ3) is 6.50. The number of nitrogens with one attached hydrogen (secondary N) is 1. The van der Waals surface area contributed by atoms with Crippen molar-refractivity contribution >= 4 is 16.7 Å². The van der Waals surface area contributed by atoms with Gasteiger partial charge in [-0.2, -0.15) is 0 Å². The van der Waals surface area contributed by atoms with Crippen molar-refractivity contribution in [1.29, 1.82) is 0 Å². The van der Waals surface area contributed by atoms with Gasteiger partial charge in [-0.05, 0) is 31.0 Å². The maximum atomic E-state index is 11.9. The number of hydrogen-bond donors (Lipinski definition) is 1. The highest BCUT2D eigenvalue weighted by molar-refractivity contribution is 7.83. The van der Waals surface area contributed by atoms with Gasteiger partial charge in [0.05, 0.1) is 0 Å². The van der Waals surface area contributed by atoms with Crippen molar-refractivity contribution in [3.63, 3.8) is 0 Å². The van der Waals surface area contributed by atoms with Crippen molar-refractivity contribution in [2.45, 2.75) is 19.1 Å². The molecule has 1 N–H and O–H groups in total. The number of amides is 1. The predicted molar refractivity (Wildman–Crippen MR) is 77.7 cm³/mol. The van der Waals surface area contributed by atoms with Crippen LogP contribution in [-0.2, 0) is 21.3 Å². The van der Waals surface area contributed by atoms with Gasteiger partial charge in [-0.3, -0.25) is 9.00 Å².